The van der Waals surface area contributed by atoms with Crippen LogP contribution in [0.4, 0.5) is 0 Å². The van der Waals surface area contributed by atoms with Gasteiger partial charge in [-0.1, -0.05) is 55.5 Å². The monoisotopic (exact) mass is 343 g/mol. The Balaban J connectivity index is 2.20. The first kappa shape index (κ1) is 18.1. The fraction of sp³-hybridized carbons (Fsp3) is 0.263. The van der Waals surface area contributed by atoms with Gasteiger partial charge in [-0.05, 0) is 31.0 Å². The van der Waals surface area contributed by atoms with Gasteiger partial charge in [0.25, 0.3) is 0 Å². The van der Waals surface area contributed by atoms with Gasteiger partial charge in [0.1, 0.15) is 0 Å². The highest BCUT2D eigenvalue weighted by atomic mass is 32.2. The number of carbonyl (C=O) groups is 2. The van der Waals surface area contributed by atoms with E-state index in [0.29, 0.717) is 5.56 Å². The molecule has 0 saturated carbocycles. The first-order valence-corrected chi connectivity index (χ1v) is 8.70. The predicted octanol–water partition coefficient (Wildman–Crippen LogP) is 3.67. The van der Waals surface area contributed by atoms with Crippen molar-refractivity contribution < 1.29 is 14.7 Å². The SMILES string of the molecule is CC[C@@](NC(=O)[C@@H](C)Sc1ccccc1)(C(=O)O)c1ccccc1. The fourth-order valence-electron chi connectivity index (χ4n) is 2.48. The largest absolute Gasteiger partial charge is 0.479 e. The average Bonchev–Trinajstić information content (AvgIpc) is 2.60. The molecule has 126 valence electrons. The molecule has 5 heteroatoms. The van der Waals surface area contributed by atoms with Gasteiger partial charge in [-0.3, -0.25) is 4.79 Å². The lowest BCUT2D eigenvalue weighted by atomic mass is 9.87. The van der Waals surface area contributed by atoms with Crippen LogP contribution in [-0.2, 0) is 15.1 Å². The van der Waals surface area contributed by atoms with Crippen LogP contribution in [-0.4, -0.2) is 22.2 Å². The van der Waals surface area contributed by atoms with Crippen LogP contribution >= 0.6 is 11.8 Å². The normalized spacial score (nSPS) is 14.4. The highest BCUT2D eigenvalue weighted by molar-refractivity contribution is 8.00. The molecule has 0 unspecified atom stereocenters. The third-order valence-electron chi connectivity index (χ3n) is 3.92. The van der Waals surface area contributed by atoms with E-state index < -0.39 is 16.8 Å². The summed E-state index contributed by atoms with van der Waals surface area (Å²) in [6, 6.07) is 18.4. The van der Waals surface area contributed by atoms with E-state index in [2.05, 4.69) is 5.32 Å². The standard InChI is InChI=1S/C19H21NO3S/c1-3-19(18(22)23,15-10-6-4-7-11-15)20-17(21)14(2)24-16-12-8-5-9-13-16/h4-14H,3H2,1-2H3,(H,20,21)(H,22,23)/t14-,19+/m1/s1. The molecule has 0 saturated heterocycles. The molecule has 0 bridgehead atoms. The summed E-state index contributed by atoms with van der Waals surface area (Å²) >= 11 is 1.40. The summed E-state index contributed by atoms with van der Waals surface area (Å²) in [6.07, 6.45) is 0.265. The number of benzene rings is 2. The minimum atomic E-state index is -1.41. The number of nitrogens with one attached hydrogen (secondary N) is 1. The summed E-state index contributed by atoms with van der Waals surface area (Å²) in [5.74, 6) is -1.35. The van der Waals surface area contributed by atoms with Gasteiger partial charge in [-0.25, -0.2) is 4.79 Å². The number of carboxylic acid groups (broad SMARTS) is 1. The molecule has 0 aliphatic carbocycles. The van der Waals surface area contributed by atoms with Gasteiger partial charge in [0.2, 0.25) is 5.91 Å². The van der Waals surface area contributed by atoms with Gasteiger partial charge in [0, 0.05) is 4.90 Å². The Bertz CT molecular complexity index is 690. The Morgan fingerprint density at radius 2 is 1.62 bits per heavy atom. The van der Waals surface area contributed by atoms with Crippen LogP contribution in [0.25, 0.3) is 0 Å². The van der Waals surface area contributed by atoms with Crippen LogP contribution in [0, 0.1) is 0 Å². The van der Waals surface area contributed by atoms with E-state index in [1.165, 1.54) is 11.8 Å². The number of rotatable bonds is 7. The van der Waals surface area contributed by atoms with Crippen LogP contribution < -0.4 is 5.32 Å². The molecule has 0 aromatic heterocycles. The van der Waals surface area contributed by atoms with E-state index in [1.54, 1.807) is 38.1 Å². The van der Waals surface area contributed by atoms with Crippen molar-refractivity contribution in [3.63, 3.8) is 0 Å². The predicted molar refractivity (Wildman–Crippen MR) is 96.0 cm³/mol. The van der Waals surface area contributed by atoms with Gasteiger partial charge in [-0.15, -0.1) is 11.8 Å². The maximum Gasteiger partial charge on any atom is 0.334 e. The van der Waals surface area contributed by atoms with E-state index in [1.807, 2.05) is 36.4 Å². The van der Waals surface area contributed by atoms with Crippen LogP contribution in [0.5, 0.6) is 0 Å². The number of thioether (sulfide) groups is 1. The van der Waals surface area contributed by atoms with Gasteiger partial charge in [0.15, 0.2) is 5.54 Å². The smallest absolute Gasteiger partial charge is 0.334 e. The van der Waals surface area contributed by atoms with Crippen LogP contribution in [0.2, 0.25) is 0 Å². The summed E-state index contributed by atoms with van der Waals surface area (Å²) in [5.41, 5.74) is -0.839. The van der Waals surface area contributed by atoms with Gasteiger partial charge < -0.3 is 10.4 Å². The topological polar surface area (TPSA) is 66.4 Å². The summed E-state index contributed by atoms with van der Waals surface area (Å²) in [5, 5.41) is 12.1. The van der Waals surface area contributed by atoms with Crippen LogP contribution in [0.3, 0.4) is 0 Å². The number of hydrogen-bond donors (Lipinski definition) is 2. The molecule has 0 spiro atoms. The lowest BCUT2D eigenvalue weighted by molar-refractivity contribution is -0.148. The summed E-state index contributed by atoms with van der Waals surface area (Å²) in [7, 11) is 0. The number of carboxylic acids is 1. The highest BCUT2D eigenvalue weighted by Crippen LogP contribution is 2.28. The summed E-state index contributed by atoms with van der Waals surface area (Å²) in [6.45, 7) is 3.54. The van der Waals surface area contributed by atoms with Gasteiger partial charge >= 0.3 is 5.97 Å². The zero-order valence-electron chi connectivity index (χ0n) is 13.7. The molecule has 2 atom stereocenters. The van der Waals surface area contributed by atoms with Crippen molar-refractivity contribution >= 4 is 23.6 Å². The molecule has 4 nitrogen and oxygen atoms in total. The van der Waals surface area contributed by atoms with Crippen LogP contribution in [0.15, 0.2) is 65.6 Å². The van der Waals surface area contributed by atoms with Crippen molar-refractivity contribution in [3.8, 4) is 0 Å². The van der Waals surface area contributed by atoms with Crippen molar-refractivity contribution in [2.45, 2.75) is 36.0 Å². The van der Waals surface area contributed by atoms with Crippen molar-refractivity contribution in [1.29, 1.82) is 0 Å². The maximum atomic E-state index is 12.6. The second kappa shape index (κ2) is 8.02. The van der Waals surface area contributed by atoms with Gasteiger partial charge in [-0.2, -0.15) is 0 Å². The molecule has 2 aromatic carbocycles. The molecule has 1 amide bonds. The Morgan fingerprint density at radius 1 is 1.08 bits per heavy atom. The first-order chi connectivity index (χ1) is 11.5. The molecule has 2 rings (SSSR count). The Kier molecular flexibility index (Phi) is 6.04. The third-order valence-corrected chi connectivity index (χ3v) is 5.04. The average molecular weight is 343 g/mol. The number of carbonyl (C=O) groups excluding carboxylic acids is 1. The molecule has 0 radical (unpaired) electrons. The zero-order valence-corrected chi connectivity index (χ0v) is 14.5. The quantitative estimate of drug-likeness (QED) is 0.753. The summed E-state index contributed by atoms with van der Waals surface area (Å²) in [4.78, 5) is 25.5. The van der Waals surface area contributed by atoms with E-state index in [0.717, 1.165) is 4.90 Å². The Morgan fingerprint density at radius 3 is 2.12 bits per heavy atom. The second-order valence-corrected chi connectivity index (χ2v) is 6.91. The molecule has 24 heavy (non-hydrogen) atoms. The van der Waals surface area contributed by atoms with Crippen molar-refractivity contribution in [2.24, 2.45) is 0 Å². The minimum absolute atomic E-state index is 0.265. The highest BCUT2D eigenvalue weighted by Gasteiger charge is 2.41. The van der Waals surface area contributed by atoms with Crippen molar-refractivity contribution in [3.05, 3.63) is 66.2 Å². The molecule has 0 heterocycles. The second-order valence-electron chi connectivity index (χ2n) is 5.49. The lowest BCUT2D eigenvalue weighted by Gasteiger charge is -2.31. The molecule has 2 N–H and O–H groups in total. The molecular weight excluding hydrogens is 322 g/mol. The molecular formula is C19H21NO3S. The molecule has 0 aliphatic rings. The maximum absolute atomic E-state index is 12.6. The zero-order chi connectivity index (χ0) is 17.6. The van der Waals surface area contributed by atoms with Crippen molar-refractivity contribution in [1.82, 2.24) is 5.32 Å². The van der Waals surface area contributed by atoms with Crippen LogP contribution in [0.1, 0.15) is 25.8 Å². The number of amides is 1. The molecule has 0 fully saturated rings. The first-order valence-electron chi connectivity index (χ1n) is 7.82. The molecule has 2 aromatic rings. The number of hydrogen-bond acceptors (Lipinski definition) is 3. The Labute approximate surface area is 146 Å². The molecule has 0 aliphatic heterocycles. The Hall–Kier alpha value is -2.27. The number of aliphatic carboxylic acids is 1. The third kappa shape index (κ3) is 3.97. The van der Waals surface area contributed by atoms with Gasteiger partial charge in [0.05, 0.1) is 5.25 Å². The van der Waals surface area contributed by atoms with E-state index in [-0.39, 0.29) is 12.3 Å². The van der Waals surface area contributed by atoms with E-state index in [9.17, 15) is 14.7 Å². The fourth-order valence-corrected chi connectivity index (χ4v) is 3.37. The summed E-state index contributed by atoms with van der Waals surface area (Å²) < 4.78 is 0. The van der Waals surface area contributed by atoms with Crippen molar-refractivity contribution in [2.75, 3.05) is 0 Å². The lowest BCUT2D eigenvalue weighted by Crippen LogP contribution is -2.53. The minimum Gasteiger partial charge on any atom is -0.479 e. The van der Waals surface area contributed by atoms with E-state index in [4.69, 9.17) is 0 Å². The van der Waals surface area contributed by atoms with E-state index >= 15 is 0 Å².